The molecule has 216 valence electrons. The molecule has 4 rings (SSSR count). The maximum Gasteiger partial charge on any atom is 0.318 e. The summed E-state index contributed by atoms with van der Waals surface area (Å²) >= 11 is 1.55. The van der Waals surface area contributed by atoms with Gasteiger partial charge >= 0.3 is 5.97 Å². The number of rotatable bonds is 14. The smallest absolute Gasteiger partial charge is 0.318 e. The van der Waals surface area contributed by atoms with Crippen LogP contribution in [0.1, 0.15) is 44.1 Å². The van der Waals surface area contributed by atoms with Crippen molar-refractivity contribution >= 4 is 23.5 Å². The zero-order chi connectivity index (χ0) is 28.2. The third-order valence-electron chi connectivity index (χ3n) is 8.00. The van der Waals surface area contributed by atoms with Gasteiger partial charge in [-0.3, -0.25) is 14.5 Å². The lowest BCUT2D eigenvalue weighted by atomic mass is 9.93. The van der Waals surface area contributed by atoms with Crippen LogP contribution in [0, 0.1) is 5.92 Å². The molecule has 2 aliphatic rings. The minimum Gasteiger partial charge on any atom is -0.468 e. The maximum atomic E-state index is 13.2. The van der Waals surface area contributed by atoms with E-state index in [1.54, 1.807) is 11.8 Å². The highest BCUT2D eigenvalue weighted by atomic mass is 32.2. The van der Waals surface area contributed by atoms with Gasteiger partial charge in [0.05, 0.1) is 39.1 Å². The Bertz CT molecular complexity index is 1080. The molecule has 1 aliphatic heterocycles. The van der Waals surface area contributed by atoms with E-state index in [2.05, 4.69) is 65.6 Å². The first-order chi connectivity index (χ1) is 19.6. The number of nitrogens with zero attached hydrogens (tertiary/aromatic N) is 1. The van der Waals surface area contributed by atoms with Crippen LogP contribution >= 0.6 is 11.8 Å². The molecule has 4 atom stereocenters. The fourth-order valence-corrected chi connectivity index (χ4v) is 6.50. The number of unbranched alkanes of at least 4 members (excludes halogenated alkanes) is 1. The van der Waals surface area contributed by atoms with Gasteiger partial charge in [-0.15, -0.1) is 0 Å². The highest BCUT2D eigenvalue weighted by Crippen LogP contribution is 2.35. The van der Waals surface area contributed by atoms with E-state index in [0.29, 0.717) is 32.0 Å². The Balaban J connectivity index is 1.32. The second-order valence-corrected chi connectivity index (χ2v) is 11.6. The second kappa shape index (κ2) is 16.1. The lowest BCUT2D eigenvalue weighted by Gasteiger charge is -2.35. The number of carbonyl (C=O) groups is 2. The topological polar surface area (TPSA) is 65.1 Å². The quantitative estimate of drug-likeness (QED) is 0.160. The Morgan fingerprint density at radius 3 is 2.45 bits per heavy atom. The van der Waals surface area contributed by atoms with Crippen molar-refractivity contribution in [2.24, 2.45) is 5.92 Å². The number of ketones is 1. The molecule has 0 spiro atoms. The molecule has 40 heavy (non-hydrogen) atoms. The fraction of sp³-hybridized carbons (Fsp3) is 0.515. The van der Waals surface area contributed by atoms with Crippen LogP contribution in [-0.4, -0.2) is 73.7 Å². The van der Waals surface area contributed by atoms with E-state index in [1.165, 1.54) is 18.2 Å². The van der Waals surface area contributed by atoms with Crippen LogP contribution in [0.15, 0.2) is 66.7 Å². The summed E-state index contributed by atoms with van der Waals surface area (Å²) in [5, 5.41) is -0.0929. The highest BCUT2D eigenvalue weighted by Gasteiger charge is 2.45. The summed E-state index contributed by atoms with van der Waals surface area (Å²) in [5.41, 5.74) is 3.51. The van der Waals surface area contributed by atoms with Gasteiger partial charge < -0.3 is 14.2 Å². The van der Waals surface area contributed by atoms with E-state index in [4.69, 9.17) is 14.2 Å². The van der Waals surface area contributed by atoms with Crippen LogP contribution in [0.2, 0.25) is 0 Å². The zero-order valence-corrected chi connectivity index (χ0v) is 24.7. The Kier molecular flexibility index (Phi) is 12.3. The predicted octanol–water partition coefficient (Wildman–Crippen LogP) is 5.94. The van der Waals surface area contributed by atoms with Crippen molar-refractivity contribution < 1.29 is 23.8 Å². The molecule has 0 amide bonds. The molecule has 1 saturated heterocycles. The van der Waals surface area contributed by atoms with Crippen molar-refractivity contribution in [2.75, 3.05) is 39.7 Å². The lowest BCUT2D eigenvalue weighted by molar-refractivity contribution is -0.140. The van der Waals surface area contributed by atoms with Crippen molar-refractivity contribution in [3.05, 3.63) is 72.3 Å². The minimum atomic E-state index is -0.144. The molecule has 2 fully saturated rings. The number of thioether (sulfide) groups is 1. The van der Waals surface area contributed by atoms with Gasteiger partial charge in [-0.1, -0.05) is 66.7 Å². The van der Waals surface area contributed by atoms with E-state index >= 15 is 0 Å². The zero-order valence-electron chi connectivity index (χ0n) is 23.8. The van der Waals surface area contributed by atoms with Crippen LogP contribution < -0.4 is 0 Å². The largest absolute Gasteiger partial charge is 0.468 e. The number of allylic oxidation sites excluding steroid dienone is 2. The normalized spacial score (nSPS) is 22.6. The van der Waals surface area contributed by atoms with Gasteiger partial charge in [-0.05, 0) is 55.1 Å². The van der Waals surface area contributed by atoms with Crippen molar-refractivity contribution in [3.8, 4) is 11.1 Å². The van der Waals surface area contributed by atoms with Gasteiger partial charge in [0, 0.05) is 25.4 Å². The maximum absolute atomic E-state index is 13.2. The Hall–Kier alpha value is -2.45. The van der Waals surface area contributed by atoms with Crippen molar-refractivity contribution in [1.82, 2.24) is 4.90 Å². The summed E-state index contributed by atoms with van der Waals surface area (Å²) in [6, 6.07) is 18.8. The standard InChI is InChI=1S/C33H43NO5S/c1-37-33(36)31(40-2)14-10-5-3-4-9-13-28-30(23-29(35)32(28)34-19-21-38-22-20-34)39-24-25-15-17-27(18-16-25)26-11-7-6-8-12-26/h3-4,6-8,11-12,15-18,28,30-32H,5,9-10,13-14,19-24H2,1-2H3/t28-,30-,31?,32+/m0/s1. The van der Waals surface area contributed by atoms with E-state index in [9.17, 15) is 9.59 Å². The van der Waals surface area contributed by atoms with Crippen molar-refractivity contribution in [2.45, 2.75) is 62.5 Å². The van der Waals surface area contributed by atoms with Gasteiger partial charge in [0.15, 0.2) is 5.78 Å². The molecule has 1 unspecified atom stereocenters. The number of benzene rings is 2. The van der Waals surface area contributed by atoms with Gasteiger partial charge in [0.1, 0.15) is 5.25 Å². The summed E-state index contributed by atoms with van der Waals surface area (Å²) in [6.45, 7) is 3.46. The summed E-state index contributed by atoms with van der Waals surface area (Å²) in [6.07, 6.45) is 11.3. The van der Waals surface area contributed by atoms with Crippen molar-refractivity contribution in [3.63, 3.8) is 0 Å². The molecule has 2 aromatic rings. The van der Waals surface area contributed by atoms with Gasteiger partial charge in [-0.25, -0.2) is 0 Å². The molecular weight excluding hydrogens is 522 g/mol. The van der Waals surface area contributed by atoms with Crippen molar-refractivity contribution in [1.29, 1.82) is 0 Å². The average Bonchev–Trinajstić information content (AvgIpc) is 3.32. The Morgan fingerprint density at radius 1 is 1.05 bits per heavy atom. The number of esters is 1. The van der Waals surface area contributed by atoms with E-state index in [1.807, 2.05) is 12.3 Å². The molecule has 0 bridgehead atoms. The molecule has 7 heteroatoms. The monoisotopic (exact) mass is 565 g/mol. The van der Waals surface area contributed by atoms with Crippen LogP contribution in [-0.2, 0) is 30.4 Å². The average molecular weight is 566 g/mol. The summed E-state index contributed by atoms with van der Waals surface area (Å²) in [7, 11) is 1.45. The van der Waals surface area contributed by atoms with Crippen LogP contribution in [0.25, 0.3) is 11.1 Å². The van der Waals surface area contributed by atoms with Gasteiger partial charge in [0.2, 0.25) is 0 Å². The number of carbonyl (C=O) groups excluding carboxylic acids is 2. The van der Waals surface area contributed by atoms with E-state index < -0.39 is 0 Å². The molecule has 1 saturated carbocycles. The third-order valence-corrected chi connectivity index (χ3v) is 9.00. The summed E-state index contributed by atoms with van der Waals surface area (Å²) in [4.78, 5) is 27.3. The van der Waals surface area contributed by atoms with Crippen LogP contribution in [0.5, 0.6) is 0 Å². The molecular formula is C33H43NO5S. The molecule has 0 N–H and O–H groups in total. The number of hydrogen-bond acceptors (Lipinski definition) is 7. The number of Topliss-reactive ketones (excluding diaryl/α,β-unsaturated/α-hetero) is 1. The number of hydrogen-bond donors (Lipinski definition) is 0. The van der Waals surface area contributed by atoms with E-state index in [-0.39, 0.29) is 29.3 Å². The number of ether oxygens (including phenoxy) is 3. The van der Waals surface area contributed by atoms with Crippen LogP contribution in [0.3, 0.4) is 0 Å². The molecule has 6 nitrogen and oxygen atoms in total. The molecule has 1 heterocycles. The summed E-state index contributed by atoms with van der Waals surface area (Å²) in [5.74, 6) is 0.319. The Morgan fingerprint density at radius 2 is 1.75 bits per heavy atom. The van der Waals surface area contributed by atoms with Gasteiger partial charge in [-0.2, -0.15) is 11.8 Å². The number of morpholine rings is 1. The minimum absolute atomic E-state index is 0.0788. The summed E-state index contributed by atoms with van der Waals surface area (Å²) < 4.78 is 16.9. The first-order valence-corrected chi connectivity index (χ1v) is 15.8. The third kappa shape index (κ3) is 8.53. The molecule has 0 aromatic heterocycles. The predicted molar refractivity (Wildman–Crippen MR) is 161 cm³/mol. The lowest BCUT2D eigenvalue weighted by Crippen LogP contribution is -2.49. The van der Waals surface area contributed by atoms with Crippen LogP contribution in [0.4, 0.5) is 0 Å². The highest BCUT2D eigenvalue weighted by molar-refractivity contribution is 7.99. The fourth-order valence-electron chi connectivity index (χ4n) is 5.80. The SMILES string of the molecule is COC(=O)C(CCCC=CCC[C@H]1[C@@H](OCc2ccc(-c3ccccc3)cc2)CC(=O)[C@@H]1N1CCOCC1)SC. The molecule has 1 aliphatic carbocycles. The molecule has 0 radical (unpaired) electrons. The second-order valence-electron chi connectivity index (χ2n) is 10.6. The van der Waals surface area contributed by atoms with E-state index in [0.717, 1.165) is 50.8 Å². The Labute approximate surface area is 243 Å². The first-order valence-electron chi connectivity index (χ1n) is 14.5. The molecule has 2 aromatic carbocycles. The first kappa shape index (κ1) is 30.5. The van der Waals surface area contributed by atoms with Gasteiger partial charge in [0.25, 0.3) is 0 Å². The number of methoxy groups -OCH3 is 1.